The number of nitrogens with two attached hydrogens (primary N) is 1. The van der Waals surface area contributed by atoms with Gasteiger partial charge in [-0.2, -0.15) is 0 Å². The molecular weight excluding hydrogens is 215 g/mol. The highest BCUT2D eigenvalue weighted by Crippen LogP contribution is 2.25. The van der Waals surface area contributed by atoms with Gasteiger partial charge in [-0.1, -0.05) is 19.9 Å². The van der Waals surface area contributed by atoms with Gasteiger partial charge in [-0.25, -0.2) is 4.39 Å². The Labute approximate surface area is 103 Å². The zero-order valence-corrected chi connectivity index (χ0v) is 10.6. The Morgan fingerprint density at radius 1 is 1.29 bits per heavy atom. The van der Waals surface area contributed by atoms with Crippen LogP contribution in [-0.2, 0) is 0 Å². The largest absolute Gasteiger partial charge is 0.371 e. The van der Waals surface area contributed by atoms with Gasteiger partial charge in [-0.3, -0.25) is 0 Å². The van der Waals surface area contributed by atoms with E-state index in [2.05, 4.69) is 4.90 Å². The van der Waals surface area contributed by atoms with Crippen LogP contribution in [0.1, 0.15) is 38.2 Å². The van der Waals surface area contributed by atoms with E-state index < -0.39 is 0 Å². The molecule has 2 rings (SSSR count). The minimum absolute atomic E-state index is 0.0904. The molecule has 0 unspecified atom stereocenters. The van der Waals surface area contributed by atoms with E-state index in [1.54, 1.807) is 6.07 Å². The molecule has 0 radical (unpaired) electrons. The summed E-state index contributed by atoms with van der Waals surface area (Å²) in [7, 11) is 0. The fourth-order valence-electron chi connectivity index (χ4n) is 2.34. The van der Waals surface area contributed by atoms with E-state index in [4.69, 9.17) is 5.73 Å². The Hall–Kier alpha value is -1.09. The molecule has 0 bridgehead atoms. The molecular formula is C14H21FN2. The lowest BCUT2D eigenvalue weighted by Crippen LogP contribution is -2.39. The molecule has 2 nitrogen and oxygen atoms in total. The van der Waals surface area contributed by atoms with Crippen molar-refractivity contribution in [3.63, 3.8) is 0 Å². The Kier molecular flexibility index (Phi) is 3.67. The molecule has 2 N–H and O–H groups in total. The molecule has 0 saturated carbocycles. The second-order valence-corrected chi connectivity index (χ2v) is 5.18. The molecule has 94 valence electrons. The summed E-state index contributed by atoms with van der Waals surface area (Å²) in [6.07, 6.45) is 1.99. The van der Waals surface area contributed by atoms with Gasteiger partial charge in [0.25, 0.3) is 0 Å². The number of halogens is 1. The van der Waals surface area contributed by atoms with Crippen LogP contribution in [0.25, 0.3) is 0 Å². The van der Waals surface area contributed by atoms with E-state index in [1.807, 2.05) is 26.0 Å². The second-order valence-electron chi connectivity index (χ2n) is 5.18. The smallest absolute Gasteiger partial charge is 0.128 e. The first-order valence-electron chi connectivity index (χ1n) is 6.38. The van der Waals surface area contributed by atoms with Crippen LogP contribution in [0.3, 0.4) is 0 Å². The van der Waals surface area contributed by atoms with E-state index in [1.165, 1.54) is 0 Å². The molecule has 1 fully saturated rings. The van der Waals surface area contributed by atoms with Gasteiger partial charge in [0.15, 0.2) is 0 Å². The normalized spacial score (nSPS) is 17.8. The average Bonchev–Trinajstić information content (AvgIpc) is 2.29. The van der Waals surface area contributed by atoms with Gasteiger partial charge in [0.05, 0.1) is 0 Å². The van der Waals surface area contributed by atoms with Crippen molar-refractivity contribution >= 4 is 5.69 Å². The van der Waals surface area contributed by atoms with Gasteiger partial charge in [0.1, 0.15) is 5.82 Å². The van der Waals surface area contributed by atoms with Crippen LogP contribution in [-0.4, -0.2) is 19.1 Å². The lowest BCUT2D eigenvalue weighted by atomic mass is 10.0. The molecule has 1 aromatic carbocycles. The number of piperidine rings is 1. The van der Waals surface area contributed by atoms with Crippen LogP contribution in [0.2, 0.25) is 0 Å². The van der Waals surface area contributed by atoms with Crippen LogP contribution in [0.15, 0.2) is 18.2 Å². The summed E-state index contributed by atoms with van der Waals surface area (Å²) < 4.78 is 13.9. The minimum Gasteiger partial charge on any atom is -0.371 e. The van der Waals surface area contributed by atoms with Crippen LogP contribution in [0.5, 0.6) is 0 Å². The van der Waals surface area contributed by atoms with Gasteiger partial charge in [-0.05, 0) is 36.5 Å². The molecule has 0 atom stereocenters. The highest BCUT2D eigenvalue weighted by atomic mass is 19.1. The average molecular weight is 236 g/mol. The minimum atomic E-state index is -0.0904. The van der Waals surface area contributed by atoms with E-state index in [0.717, 1.165) is 37.2 Å². The topological polar surface area (TPSA) is 29.3 Å². The summed E-state index contributed by atoms with van der Waals surface area (Å²) in [5, 5.41) is 0. The highest BCUT2D eigenvalue weighted by molar-refractivity contribution is 5.49. The fourth-order valence-corrected chi connectivity index (χ4v) is 2.34. The van der Waals surface area contributed by atoms with Gasteiger partial charge in [0.2, 0.25) is 0 Å². The summed E-state index contributed by atoms with van der Waals surface area (Å²) in [5.41, 5.74) is 7.65. The third kappa shape index (κ3) is 2.78. The molecule has 0 spiro atoms. The number of anilines is 1. The zero-order chi connectivity index (χ0) is 12.4. The molecule has 0 amide bonds. The van der Waals surface area contributed by atoms with E-state index in [9.17, 15) is 4.39 Å². The van der Waals surface area contributed by atoms with Crippen molar-refractivity contribution in [2.45, 2.75) is 38.6 Å². The summed E-state index contributed by atoms with van der Waals surface area (Å²) >= 11 is 0. The summed E-state index contributed by atoms with van der Waals surface area (Å²) in [6, 6.07) is 5.90. The quantitative estimate of drug-likeness (QED) is 0.855. The highest BCUT2D eigenvalue weighted by Gasteiger charge is 2.17. The summed E-state index contributed by atoms with van der Waals surface area (Å²) in [4.78, 5) is 2.22. The Morgan fingerprint density at radius 3 is 2.47 bits per heavy atom. The monoisotopic (exact) mass is 236 g/mol. The molecule has 0 aromatic heterocycles. The molecule has 17 heavy (non-hydrogen) atoms. The van der Waals surface area contributed by atoms with Crippen LogP contribution in [0.4, 0.5) is 10.1 Å². The van der Waals surface area contributed by atoms with Crippen molar-refractivity contribution in [2.24, 2.45) is 5.73 Å². The lowest BCUT2D eigenvalue weighted by Gasteiger charge is -2.32. The van der Waals surface area contributed by atoms with Gasteiger partial charge in [-0.15, -0.1) is 0 Å². The standard InChI is InChI=1S/C14H21FN2/c1-10(2)13-4-3-12(9-14(13)15)17-7-5-11(16)6-8-17/h3-4,9-11H,5-8,16H2,1-2H3. The predicted octanol–water partition coefficient (Wildman–Crippen LogP) is 2.88. The molecule has 1 saturated heterocycles. The van der Waals surface area contributed by atoms with E-state index in [0.29, 0.717) is 6.04 Å². The summed E-state index contributed by atoms with van der Waals surface area (Å²) in [5.74, 6) is 0.145. The fraction of sp³-hybridized carbons (Fsp3) is 0.571. The third-order valence-electron chi connectivity index (χ3n) is 3.51. The second kappa shape index (κ2) is 5.05. The molecule has 1 aromatic rings. The van der Waals surface area contributed by atoms with Crippen molar-refractivity contribution in [3.8, 4) is 0 Å². The zero-order valence-electron chi connectivity index (χ0n) is 10.6. The molecule has 0 aliphatic carbocycles. The van der Waals surface area contributed by atoms with Crippen molar-refractivity contribution in [2.75, 3.05) is 18.0 Å². The van der Waals surface area contributed by atoms with E-state index >= 15 is 0 Å². The summed E-state index contributed by atoms with van der Waals surface area (Å²) in [6.45, 7) is 5.89. The predicted molar refractivity (Wildman–Crippen MR) is 69.9 cm³/mol. The van der Waals surface area contributed by atoms with Crippen LogP contribution < -0.4 is 10.6 Å². The maximum absolute atomic E-state index is 13.9. The van der Waals surface area contributed by atoms with Crippen LogP contribution in [0, 0.1) is 5.82 Å². The Morgan fingerprint density at radius 2 is 1.94 bits per heavy atom. The molecule has 1 aliphatic rings. The Bertz CT molecular complexity index is 382. The molecule has 1 aliphatic heterocycles. The van der Waals surface area contributed by atoms with Gasteiger partial charge < -0.3 is 10.6 Å². The molecule has 3 heteroatoms. The van der Waals surface area contributed by atoms with Gasteiger partial charge >= 0.3 is 0 Å². The maximum Gasteiger partial charge on any atom is 0.128 e. The van der Waals surface area contributed by atoms with Crippen molar-refractivity contribution in [1.29, 1.82) is 0 Å². The molecule has 1 heterocycles. The lowest BCUT2D eigenvalue weighted by molar-refractivity contribution is 0.500. The van der Waals surface area contributed by atoms with Crippen molar-refractivity contribution in [3.05, 3.63) is 29.6 Å². The number of rotatable bonds is 2. The van der Waals surface area contributed by atoms with Crippen molar-refractivity contribution in [1.82, 2.24) is 0 Å². The maximum atomic E-state index is 13.9. The number of hydrogen-bond donors (Lipinski definition) is 1. The van der Waals surface area contributed by atoms with E-state index in [-0.39, 0.29) is 11.7 Å². The van der Waals surface area contributed by atoms with Crippen LogP contribution >= 0.6 is 0 Å². The third-order valence-corrected chi connectivity index (χ3v) is 3.51. The Balaban J connectivity index is 2.14. The van der Waals surface area contributed by atoms with Gasteiger partial charge in [0, 0.05) is 24.8 Å². The number of hydrogen-bond acceptors (Lipinski definition) is 2. The first-order chi connectivity index (χ1) is 8.08. The SMILES string of the molecule is CC(C)c1ccc(N2CCC(N)CC2)cc1F. The first-order valence-corrected chi connectivity index (χ1v) is 6.38. The number of benzene rings is 1. The first kappa shape index (κ1) is 12.4. The number of nitrogens with zero attached hydrogens (tertiary/aromatic N) is 1. The van der Waals surface area contributed by atoms with Crippen molar-refractivity contribution < 1.29 is 4.39 Å².